The van der Waals surface area contributed by atoms with E-state index in [0.29, 0.717) is 10.8 Å². The standard InChI is InChI=1S/C18H22ClN3O4/c1-11-6-14(19)7-12(16(11)26-15-2-4-20-5-3-15)8-22-9-13(10-23)17(24)21-18(22)25/h6-7,9,15,20,23H,2-5,8,10H2,1H3,(H,21,24,25). The molecule has 3 rings (SSSR count). The van der Waals surface area contributed by atoms with Gasteiger partial charge in [0, 0.05) is 16.8 Å². The van der Waals surface area contributed by atoms with Crippen molar-refractivity contribution in [1.82, 2.24) is 14.9 Å². The summed E-state index contributed by atoms with van der Waals surface area (Å²) in [6.45, 7) is 3.48. The molecule has 1 aromatic heterocycles. The predicted molar refractivity (Wildman–Crippen MR) is 99.1 cm³/mol. The molecular weight excluding hydrogens is 358 g/mol. The number of piperidine rings is 1. The normalized spacial score (nSPS) is 15.2. The van der Waals surface area contributed by atoms with E-state index in [1.807, 2.05) is 13.0 Å². The number of nitrogens with zero attached hydrogens (tertiary/aromatic N) is 1. The molecule has 1 aliphatic rings. The van der Waals surface area contributed by atoms with Gasteiger partial charge in [-0.1, -0.05) is 11.6 Å². The molecule has 1 aliphatic heterocycles. The van der Waals surface area contributed by atoms with E-state index in [9.17, 15) is 14.7 Å². The summed E-state index contributed by atoms with van der Waals surface area (Å²) in [6.07, 6.45) is 3.30. The fourth-order valence-corrected chi connectivity index (χ4v) is 3.43. The third-order valence-electron chi connectivity index (χ3n) is 4.48. The van der Waals surface area contributed by atoms with Crippen molar-refractivity contribution in [3.05, 3.63) is 60.9 Å². The highest BCUT2D eigenvalue weighted by molar-refractivity contribution is 6.30. The minimum atomic E-state index is -0.581. The third-order valence-corrected chi connectivity index (χ3v) is 4.70. The topological polar surface area (TPSA) is 96.4 Å². The van der Waals surface area contributed by atoms with E-state index < -0.39 is 17.9 Å². The molecule has 7 nitrogen and oxygen atoms in total. The number of nitrogens with one attached hydrogen (secondary N) is 2. The molecule has 140 valence electrons. The van der Waals surface area contributed by atoms with E-state index in [4.69, 9.17) is 16.3 Å². The van der Waals surface area contributed by atoms with Crippen LogP contribution in [0, 0.1) is 6.92 Å². The van der Waals surface area contributed by atoms with Crippen molar-refractivity contribution in [2.75, 3.05) is 13.1 Å². The van der Waals surface area contributed by atoms with E-state index in [2.05, 4.69) is 10.3 Å². The Balaban J connectivity index is 1.96. The quantitative estimate of drug-likeness (QED) is 0.724. The molecule has 1 fully saturated rings. The summed E-state index contributed by atoms with van der Waals surface area (Å²) >= 11 is 6.20. The van der Waals surface area contributed by atoms with E-state index in [0.717, 1.165) is 37.1 Å². The average molecular weight is 380 g/mol. The zero-order valence-electron chi connectivity index (χ0n) is 14.5. The molecule has 0 amide bonds. The van der Waals surface area contributed by atoms with Gasteiger partial charge in [0.2, 0.25) is 0 Å². The first-order chi connectivity index (χ1) is 12.5. The zero-order chi connectivity index (χ0) is 18.7. The van der Waals surface area contributed by atoms with Crippen LogP contribution >= 0.6 is 11.6 Å². The summed E-state index contributed by atoms with van der Waals surface area (Å²) in [7, 11) is 0. The van der Waals surface area contributed by atoms with Crippen LogP contribution in [0.5, 0.6) is 5.75 Å². The molecule has 3 N–H and O–H groups in total. The van der Waals surface area contributed by atoms with Gasteiger partial charge in [0.15, 0.2) is 0 Å². The van der Waals surface area contributed by atoms with Crippen LogP contribution in [0.25, 0.3) is 0 Å². The summed E-state index contributed by atoms with van der Waals surface area (Å²) in [5.74, 6) is 0.713. The Morgan fingerprint density at radius 3 is 2.69 bits per heavy atom. The number of aromatic amines is 1. The van der Waals surface area contributed by atoms with Crippen molar-refractivity contribution in [3.8, 4) is 5.75 Å². The lowest BCUT2D eigenvalue weighted by atomic mass is 10.1. The molecule has 0 bridgehead atoms. The molecule has 1 aromatic carbocycles. The van der Waals surface area contributed by atoms with Crippen LogP contribution in [0.4, 0.5) is 0 Å². The molecule has 1 saturated heterocycles. The predicted octanol–water partition coefficient (Wildman–Crippen LogP) is 1.17. The van der Waals surface area contributed by atoms with Gasteiger partial charge in [-0.25, -0.2) is 4.79 Å². The van der Waals surface area contributed by atoms with Gasteiger partial charge in [0.25, 0.3) is 5.56 Å². The Morgan fingerprint density at radius 2 is 2.00 bits per heavy atom. The maximum absolute atomic E-state index is 12.1. The first kappa shape index (κ1) is 18.7. The Bertz CT molecular complexity index is 900. The number of benzene rings is 1. The minimum Gasteiger partial charge on any atom is -0.490 e. The third kappa shape index (κ3) is 4.17. The van der Waals surface area contributed by atoms with E-state index in [1.165, 1.54) is 10.8 Å². The molecule has 0 unspecified atom stereocenters. The first-order valence-electron chi connectivity index (χ1n) is 8.58. The van der Waals surface area contributed by atoms with Gasteiger partial charge in [0.05, 0.1) is 18.7 Å². The lowest BCUT2D eigenvalue weighted by Gasteiger charge is -2.26. The highest BCUT2D eigenvalue weighted by Gasteiger charge is 2.19. The van der Waals surface area contributed by atoms with Gasteiger partial charge >= 0.3 is 5.69 Å². The summed E-state index contributed by atoms with van der Waals surface area (Å²) in [6, 6.07) is 3.59. The van der Waals surface area contributed by atoms with Crippen molar-refractivity contribution >= 4 is 11.6 Å². The molecule has 0 atom stereocenters. The van der Waals surface area contributed by atoms with Gasteiger partial charge in [-0.3, -0.25) is 14.3 Å². The van der Waals surface area contributed by atoms with Crippen LogP contribution in [0.2, 0.25) is 5.02 Å². The van der Waals surface area contributed by atoms with Crippen LogP contribution in [-0.4, -0.2) is 33.9 Å². The number of aryl methyl sites for hydroxylation is 1. The minimum absolute atomic E-state index is 0.107. The van der Waals surface area contributed by atoms with Crippen molar-refractivity contribution in [3.63, 3.8) is 0 Å². The Labute approximate surface area is 155 Å². The molecule has 2 heterocycles. The van der Waals surface area contributed by atoms with Crippen LogP contribution < -0.4 is 21.3 Å². The fourth-order valence-electron chi connectivity index (χ4n) is 3.13. The number of H-pyrrole nitrogens is 1. The number of aliphatic hydroxyl groups is 1. The SMILES string of the molecule is Cc1cc(Cl)cc(Cn2cc(CO)c(=O)[nH]c2=O)c1OC1CCNCC1. The second kappa shape index (κ2) is 8.07. The molecule has 0 spiro atoms. The number of hydrogen-bond acceptors (Lipinski definition) is 5. The molecule has 26 heavy (non-hydrogen) atoms. The number of aromatic nitrogens is 2. The molecule has 0 saturated carbocycles. The number of halogens is 1. The van der Waals surface area contributed by atoms with Gasteiger partial charge in [-0.05, 0) is 50.6 Å². The zero-order valence-corrected chi connectivity index (χ0v) is 15.3. The largest absolute Gasteiger partial charge is 0.490 e. The smallest absolute Gasteiger partial charge is 0.328 e. The Hall–Kier alpha value is -2.09. The highest BCUT2D eigenvalue weighted by atomic mass is 35.5. The van der Waals surface area contributed by atoms with Gasteiger partial charge in [-0.15, -0.1) is 0 Å². The number of aliphatic hydroxyl groups excluding tert-OH is 1. The van der Waals surface area contributed by atoms with Crippen LogP contribution in [0.1, 0.15) is 29.5 Å². The van der Waals surface area contributed by atoms with Gasteiger partial charge in [0.1, 0.15) is 11.9 Å². The second-order valence-corrected chi connectivity index (χ2v) is 6.91. The maximum atomic E-state index is 12.1. The average Bonchev–Trinajstić information content (AvgIpc) is 2.61. The summed E-state index contributed by atoms with van der Waals surface area (Å²) in [5.41, 5.74) is 0.654. The van der Waals surface area contributed by atoms with Crippen molar-refractivity contribution < 1.29 is 9.84 Å². The van der Waals surface area contributed by atoms with Gasteiger partial charge < -0.3 is 15.2 Å². The monoisotopic (exact) mass is 379 g/mol. The van der Waals surface area contributed by atoms with Crippen LogP contribution in [0.15, 0.2) is 27.9 Å². The number of hydrogen-bond donors (Lipinski definition) is 3. The summed E-state index contributed by atoms with van der Waals surface area (Å²) in [4.78, 5) is 26.0. The summed E-state index contributed by atoms with van der Waals surface area (Å²) in [5, 5.41) is 13.1. The number of rotatable bonds is 5. The first-order valence-corrected chi connectivity index (χ1v) is 8.95. The van der Waals surface area contributed by atoms with Crippen molar-refractivity contribution in [2.45, 2.75) is 39.0 Å². The molecule has 0 radical (unpaired) electrons. The van der Waals surface area contributed by atoms with E-state index >= 15 is 0 Å². The van der Waals surface area contributed by atoms with E-state index in [1.54, 1.807) is 6.07 Å². The number of ether oxygens (including phenoxy) is 1. The molecule has 8 heteroatoms. The van der Waals surface area contributed by atoms with Crippen molar-refractivity contribution in [2.24, 2.45) is 0 Å². The van der Waals surface area contributed by atoms with Crippen molar-refractivity contribution in [1.29, 1.82) is 0 Å². The molecule has 0 aliphatic carbocycles. The summed E-state index contributed by atoms with van der Waals surface area (Å²) < 4.78 is 7.57. The molecular formula is C18H22ClN3O4. The van der Waals surface area contributed by atoms with Crippen LogP contribution in [0.3, 0.4) is 0 Å². The Kier molecular flexibility index (Phi) is 5.80. The maximum Gasteiger partial charge on any atom is 0.328 e. The lowest BCUT2D eigenvalue weighted by molar-refractivity contribution is 0.159. The Morgan fingerprint density at radius 1 is 1.27 bits per heavy atom. The van der Waals surface area contributed by atoms with Gasteiger partial charge in [-0.2, -0.15) is 0 Å². The fraction of sp³-hybridized carbons (Fsp3) is 0.444. The lowest BCUT2D eigenvalue weighted by Crippen LogP contribution is -2.35. The molecule has 2 aromatic rings. The van der Waals surface area contributed by atoms with Crippen LogP contribution in [-0.2, 0) is 13.2 Å². The van der Waals surface area contributed by atoms with E-state index in [-0.39, 0.29) is 18.2 Å². The second-order valence-electron chi connectivity index (χ2n) is 6.48. The highest BCUT2D eigenvalue weighted by Crippen LogP contribution is 2.30.